The van der Waals surface area contributed by atoms with Gasteiger partial charge in [-0.25, -0.2) is 0 Å². The molecule has 0 atom stereocenters. The number of rotatable bonds is 3. The number of hydrogen-bond donors (Lipinski definition) is 2. The normalized spacial score (nSPS) is 14.5. The van der Waals surface area contributed by atoms with Crippen molar-refractivity contribution in [3.63, 3.8) is 0 Å². The molecule has 0 spiro atoms. The standard InChI is InChI=1S/C13H12N4O4/c1-6-10(19)8-2-3-9(18)13(21-17-16-14)12(8)20-11(6)7-4-15-5-7/h2-3,7,15,18H,4-5H2,1H3. The topological polar surface area (TPSA) is 120 Å². The van der Waals surface area contributed by atoms with Gasteiger partial charge in [-0.05, 0) is 24.6 Å². The van der Waals surface area contributed by atoms with Gasteiger partial charge in [0.05, 0.1) is 5.39 Å². The van der Waals surface area contributed by atoms with Crippen LogP contribution in [0, 0.1) is 6.92 Å². The molecule has 1 fully saturated rings. The molecule has 0 bridgehead atoms. The van der Waals surface area contributed by atoms with Gasteiger partial charge in [0.25, 0.3) is 0 Å². The van der Waals surface area contributed by atoms with E-state index < -0.39 is 0 Å². The summed E-state index contributed by atoms with van der Waals surface area (Å²) in [4.78, 5) is 19.7. The fourth-order valence-corrected chi connectivity index (χ4v) is 2.34. The largest absolute Gasteiger partial charge is 0.504 e. The van der Waals surface area contributed by atoms with Crippen LogP contribution in [-0.4, -0.2) is 18.2 Å². The van der Waals surface area contributed by atoms with Gasteiger partial charge in [0.1, 0.15) is 11.0 Å². The van der Waals surface area contributed by atoms with Crippen molar-refractivity contribution < 1.29 is 14.4 Å². The summed E-state index contributed by atoms with van der Waals surface area (Å²) in [6, 6.07) is 2.75. The first-order chi connectivity index (χ1) is 10.1. The van der Waals surface area contributed by atoms with Gasteiger partial charge in [-0.15, -0.1) is 0 Å². The molecule has 8 nitrogen and oxygen atoms in total. The van der Waals surface area contributed by atoms with Crippen LogP contribution in [0.4, 0.5) is 0 Å². The Morgan fingerprint density at radius 1 is 1.52 bits per heavy atom. The molecule has 21 heavy (non-hydrogen) atoms. The van der Waals surface area contributed by atoms with Crippen molar-refractivity contribution in [2.75, 3.05) is 13.1 Å². The van der Waals surface area contributed by atoms with Crippen LogP contribution in [0.5, 0.6) is 11.5 Å². The van der Waals surface area contributed by atoms with E-state index in [1.54, 1.807) is 6.92 Å². The van der Waals surface area contributed by atoms with E-state index in [1.165, 1.54) is 12.1 Å². The van der Waals surface area contributed by atoms with E-state index in [0.717, 1.165) is 13.1 Å². The summed E-state index contributed by atoms with van der Waals surface area (Å²) in [6.45, 7) is 3.15. The van der Waals surface area contributed by atoms with E-state index in [0.29, 0.717) is 11.3 Å². The first-order valence-corrected chi connectivity index (χ1v) is 6.35. The van der Waals surface area contributed by atoms with Gasteiger partial charge in [-0.2, -0.15) is 0 Å². The van der Waals surface area contributed by atoms with Gasteiger partial charge >= 0.3 is 0 Å². The number of aromatic hydroxyl groups is 1. The first kappa shape index (κ1) is 13.3. The third-order valence-electron chi connectivity index (χ3n) is 3.58. The van der Waals surface area contributed by atoms with Crippen LogP contribution in [0.25, 0.3) is 21.4 Å². The molecule has 0 saturated carbocycles. The maximum Gasteiger partial charge on any atom is 0.221 e. The maximum atomic E-state index is 12.4. The van der Waals surface area contributed by atoms with Crippen LogP contribution >= 0.6 is 0 Å². The predicted octanol–water partition coefficient (Wildman–Crippen LogP) is 2.10. The summed E-state index contributed by atoms with van der Waals surface area (Å²) in [6.07, 6.45) is 0. The molecular formula is C13H12N4O4. The SMILES string of the molecule is Cc1c(C2CNC2)oc2c(ON=[N+]=[N-])c(O)ccc2c1=O. The Labute approximate surface area is 118 Å². The summed E-state index contributed by atoms with van der Waals surface area (Å²) < 4.78 is 5.78. The second kappa shape index (κ2) is 5.01. The quantitative estimate of drug-likeness (QED) is 0.388. The summed E-state index contributed by atoms with van der Waals surface area (Å²) >= 11 is 0. The minimum atomic E-state index is -0.264. The van der Waals surface area contributed by atoms with Crippen LogP contribution in [0.2, 0.25) is 0 Å². The van der Waals surface area contributed by atoms with Gasteiger partial charge < -0.3 is 19.7 Å². The van der Waals surface area contributed by atoms with Gasteiger partial charge in [0.2, 0.25) is 5.75 Å². The fraction of sp³-hybridized carbons (Fsp3) is 0.308. The maximum absolute atomic E-state index is 12.4. The van der Waals surface area contributed by atoms with E-state index >= 15 is 0 Å². The van der Waals surface area contributed by atoms with E-state index in [-0.39, 0.29) is 33.8 Å². The molecule has 1 aromatic carbocycles. The van der Waals surface area contributed by atoms with Gasteiger partial charge in [0, 0.05) is 29.5 Å². The monoisotopic (exact) mass is 288 g/mol. The highest BCUT2D eigenvalue weighted by atomic mass is 16.6. The summed E-state index contributed by atoms with van der Waals surface area (Å²) in [5, 5.41) is 16.1. The molecule has 108 valence electrons. The van der Waals surface area contributed by atoms with Crippen LogP contribution < -0.4 is 15.6 Å². The second-order valence-electron chi connectivity index (χ2n) is 4.83. The summed E-state index contributed by atoms with van der Waals surface area (Å²) in [5.74, 6) is 0.245. The zero-order valence-corrected chi connectivity index (χ0v) is 11.2. The minimum absolute atomic E-state index is 0.0832. The number of nitrogens with zero attached hydrogens (tertiary/aromatic N) is 3. The van der Waals surface area contributed by atoms with Crippen molar-refractivity contribution in [1.29, 1.82) is 0 Å². The zero-order valence-electron chi connectivity index (χ0n) is 11.2. The van der Waals surface area contributed by atoms with E-state index in [4.69, 9.17) is 14.8 Å². The molecular weight excluding hydrogens is 276 g/mol. The number of hydrogen-bond acceptors (Lipinski definition) is 6. The molecule has 3 rings (SSSR count). The molecule has 1 aliphatic heterocycles. The molecule has 2 N–H and O–H groups in total. The Bertz CT molecular complexity index is 819. The summed E-state index contributed by atoms with van der Waals surface area (Å²) in [5.41, 5.74) is 8.76. The molecule has 2 aromatic rings. The number of fused-ring (bicyclic) bond motifs is 1. The molecule has 8 heteroatoms. The smallest absolute Gasteiger partial charge is 0.221 e. The van der Waals surface area contributed by atoms with Crippen molar-refractivity contribution in [3.8, 4) is 11.5 Å². The van der Waals surface area contributed by atoms with E-state index in [9.17, 15) is 9.90 Å². The Morgan fingerprint density at radius 2 is 2.29 bits per heavy atom. The van der Waals surface area contributed by atoms with Crippen molar-refractivity contribution >= 4 is 11.0 Å². The Hall–Kier alpha value is -2.70. The van der Waals surface area contributed by atoms with E-state index in [1.807, 2.05) is 0 Å². The van der Waals surface area contributed by atoms with Gasteiger partial charge in [0.15, 0.2) is 16.8 Å². The number of azide groups is 1. The zero-order chi connectivity index (χ0) is 15.0. The highest BCUT2D eigenvalue weighted by Gasteiger charge is 2.26. The Morgan fingerprint density at radius 3 is 2.90 bits per heavy atom. The number of phenolic OH excluding ortho intramolecular Hbond substituents is 1. The second-order valence-corrected chi connectivity index (χ2v) is 4.83. The number of benzene rings is 1. The van der Waals surface area contributed by atoms with Gasteiger partial charge in [-0.1, -0.05) is 0 Å². The molecule has 0 aliphatic carbocycles. The van der Waals surface area contributed by atoms with Crippen LogP contribution in [0.1, 0.15) is 17.2 Å². The number of phenols is 1. The van der Waals surface area contributed by atoms with Crippen molar-refractivity contribution in [1.82, 2.24) is 5.32 Å². The molecule has 2 heterocycles. The molecule has 1 aliphatic rings. The third kappa shape index (κ3) is 2.06. The van der Waals surface area contributed by atoms with Crippen molar-refractivity contribution in [2.24, 2.45) is 5.28 Å². The van der Waals surface area contributed by atoms with Crippen LogP contribution in [0.15, 0.2) is 26.6 Å². The summed E-state index contributed by atoms with van der Waals surface area (Å²) in [7, 11) is 0. The molecule has 0 unspecified atom stereocenters. The lowest BCUT2D eigenvalue weighted by Gasteiger charge is -2.27. The number of nitrogens with one attached hydrogen (secondary N) is 1. The molecule has 1 aromatic heterocycles. The lowest BCUT2D eigenvalue weighted by atomic mass is 9.95. The Kier molecular flexibility index (Phi) is 3.17. The van der Waals surface area contributed by atoms with Crippen LogP contribution in [0.3, 0.4) is 0 Å². The van der Waals surface area contributed by atoms with E-state index in [2.05, 4.69) is 15.5 Å². The molecule has 0 amide bonds. The first-order valence-electron chi connectivity index (χ1n) is 6.35. The third-order valence-corrected chi connectivity index (χ3v) is 3.58. The fourth-order valence-electron chi connectivity index (χ4n) is 2.34. The average molecular weight is 288 g/mol. The predicted molar refractivity (Wildman–Crippen MR) is 74.3 cm³/mol. The van der Waals surface area contributed by atoms with Crippen molar-refractivity contribution in [3.05, 3.63) is 44.1 Å². The highest BCUT2D eigenvalue weighted by molar-refractivity contribution is 5.85. The lowest BCUT2D eigenvalue weighted by molar-refractivity contribution is 0.305. The molecule has 0 radical (unpaired) electrons. The van der Waals surface area contributed by atoms with Crippen LogP contribution in [-0.2, 0) is 0 Å². The highest BCUT2D eigenvalue weighted by Crippen LogP contribution is 2.36. The lowest BCUT2D eigenvalue weighted by Crippen LogP contribution is -2.40. The Balaban J connectivity index is 2.30. The van der Waals surface area contributed by atoms with Crippen molar-refractivity contribution in [2.45, 2.75) is 12.8 Å². The van der Waals surface area contributed by atoms with Gasteiger partial charge in [-0.3, -0.25) is 4.79 Å². The minimum Gasteiger partial charge on any atom is -0.504 e. The molecule has 1 saturated heterocycles. The average Bonchev–Trinajstić information content (AvgIpc) is 2.41.